The maximum Gasteiger partial charge on any atom is 0.311 e. The third-order valence-electron chi connectivity index (χ3n) is 2.72. The molecule has 6 nitrogen and oxygen atoms in total. The van der Waals surface area contributed by atoms with E-state index in [4.69, 9.17) is 4.74 Å². The molecule has 1 unspecified atom stereocenters. The minimum Gasteiger partial charge on any atom is -0.484 e. The second-order valence-electron chi connectivity index (χ2n) is 4.84. The lowest BCUT2D eigenvalue weighted by Crippen LogP contribution is -2.09. The van der Waals surface area contributed by atoms with Gasteiger partial charge in [0.15, 0.2) is 5.75 Å². The smallest absolute Gasteiger partial charge is 0.311 e. The fourth-order valence-electron chi connectivity index (χ4n) is 1.86. The highest BCUT2D eigenvalue weighted by molar-refractivity contribution is 7.09. The van der Waals surface area contributed by atoms with Crippen molar-refractivity contribution in [3.05, 3.63) is 44.9 Å². The molecule has 0 aliphatic heterocycles. The highest BCUT2D eigenvalue weighted by atomic mass is 32.1. The van der Waals surface area contributed by atoms with Gasteiger partial charge in [0, 0.05) is 29.4 Å². The Morgan fingerprint density at radius 3 is 2.71 bits per heavy atom. The van der Waals surface area contributed by atoms with Crippen LogP contribution in [0.25, 0.3) is 0 Å². The van der Waals surface area contributed by atoms with Gasteiger partial charge in [0.25, 0.3) is 0 Å². The van der Waals surface area contributed by atoms with Crippen LogP contribution in [-0.4, -0.2) is 16.0 Å². The Morgan fingerprint density at radius 1 is 1.38 bits per heavy atom. The van der Waals surface area contributed by atoms with Gasteiger partial charge in [0.1, 0.15) is 5.01 Å². The van der Waals surface area contributed by atoms with E-state index in [9.17, 15) is 10.1 Å². The summed E-state index contributed by atoms with van der Waals surface area (Å²) >= 11 is 1.56. The van der Waals surface area contributed by atoms with Crippen LogP contribution in [0.5, 0.6) is 5.75 Å². The summed E-state index contributed by atoms with van der Waals surface area (Å²) in [4.78, 5) is 14.8. The molecular formula is C14H17N3O3S. The van der Waals surface area contributed by atoms with Crippen LogP contribution in [0.2, 0.25) is 0 Å². The van der Waals surface area contributed by atoms with Crippen molar-refractivity contribution in [3.63, 3.8) is 0 Å². The van der Waals surface area contributed by atoms with E-state index in [1.165, 1.54) is 6.07 Å². The molecule has 0 amide bonds. The fourth-order valence-corrected chi connectivity index (χ4v) is 2.51. The topological polar surface area (TPSA) is 77.3 Å². The van der Waals surface area contributed by atoms with Crippen molar-refractivity contribution < 1.29 is 9.66 Å². The molecule has 112 valence electrons. The fraction of sp³-hybridized carbons (Fsp3) is 0.357. The van der Waals surface area contributed by atoms with Crippen molar-refractivity contribution in [1.82, 2.24) is 4.98 Å². The Balaban J connectivity index is 2.22. The summed E-state index contributed by atoms with van der Waals surface area (Å²) in [5.74, 6) is 0.270. The molecule has 1 aromatic heterocycles. The molecule has 7 heteroatoms. The van der Waals surface area contributed by atoms with Crippen molar-refractivity contribution in [1.29, 1.82) is 0 Å². The number of thiazole rings is 1. The Bertz CT molecular complexity index is 614. The van der Waals surface area contributed by atoms with Crippen LogP contribution < -0.4 is 10.1 Å². The second-order valence-corrected chi connectivity index (χ2v) is 5.77. The molecule has 2 aromatic rings. The van der Waals surface area contributed by atoms with Crippen molar-refractivity contribution in [2.45, 2.75) is 32.9 Å². The number of hydrogen-bond acceptors (Lipinski definition) is 6. The Hall–Kier alpha value is -2.15. The van der Waals surface area contributed by atoms with E-state index >= 15 is 0 Å². The van der Waals surface area contributed by atoms with Crippen LogP contribution >= 0.6 is 11.3 Å². The molecule has 1 heterocycles. The van der Waals surface area contributed by atoms with Crippen LogP contribution in [0.4, 0.5) is 11.4 Å². The first-order valence-electron chi connectivity index (χ1n) is 6.58. The minimum absolute atomic E-state index is 0.0263. The molecular weight excluding hydrogens is 290 g/mol. The van der Waals surface area contributed by atoms with Crippen LogP contribution in [0.15, 0.2) is 29.8 Å². The SMILES string of the molecule is CC(C)Oc1cc(NC(C)c2nccs2)ccc1[N+](=O)[O-]. The second kappa shape index (κ2) is 6.53. The average molecular weight is 307 g/mol. The van der Waals surface area contributed by atoms with Crippen molar-refractivity contribution in [2.75, 3.05) is 5.32 Å². The molecule has 0 bridgehead atoms. The Labute approximate surface area is 126 Å². The summed E-state index contributed by atoms with van der Waals surface area (Å²) in [5.41, 5.74) is 0.732. The van der Waals surface area contributed by atoms with Gasteiger partial charge in [-0.2, -0.15) is 0 Å². The average Bonchev–Trinajstić information content (AvgIpc) is 2.91. The number of rotatable bonds is 6. The molecule has 21 heavy (non-hydrogen) atoms. The lowest BCUT2D eigenvalue weighted by molar-refractivity contribution is -0.386. The maximum atomic E-state index is 11.0. The van der Waals surface area contributed by atoms with Crippen LogP contribution in [0.1, 0.15) is 31.8 Å². The number of nitro groups is 1. The third-order valence-corrected chi connectivity index (χ3v) is 3.68. The van der Waals surface area contributed by atoms with E-state index in [2.05, 4.69) is 10.3 Å². The number of aromatic nitrogens is 1. The van der Waals surface area contributed by atoms with Crippen molar-refractivity contribution >= 4 is 22.7 Å². The third kappa shape index (κ3) is 3.91. The van der Waals surface area contributed by atoms with E-state index in [-0.39, 0.29) is 23.6 Å². The zero-order valence-electron chi connectivity index (χ0n) is 12.1. The standard InChI is InChI=1S/C14H17N3O3S/c1-9(2)20-13-8-11(4-5-12(13)17(18)19)16-10(3)14-15-6-7-21-14/h4-10,16H,1-3H3. The van der Waals surface area contributed by atoms with Crippen LogP contribution in [0, 0.1) is 10.1 Å². The van der Waals surface area contributed by atoms with Gasteiger partial charge >= 0.3 is 5.69 Å². The van der Waals surface area contributed by atoms with Crippen LogP contribution in [-0.2, 0) is 0 Å². The zero-order chi connectivity index (χ0) is 15.4. The van der Waals surface area contributed by atoms with E-state index in [0.29, 0.717) is 0 Å². The molecule has 1 aromatic carbocycles. The predicted molar refractivity (Wildman–Crippen MR) is 83.0 cm³/mol. The first-order valence-corrected chi connectivity index (χ1v) is 7.46. The Kier molecular flexibility index (Phi) is 4.74. The molecule has 0 spiro atoms. The molecule has 1 N–H and O–H groups in total. The monoisotopic (exact) mass is 307 g/mol. The molecule has 0 aliphatic carbocycles. The van der Waals surface area contributed by atoms with Gasteiger partial charge in [-0.15, -0.1) is 11.3 Å². The Morgan fingerprint density at radius 2 is 2.14 bits per heavy atom. The van der Waals surface area contributed by atoms with Gasteiger partial charge in [-0.1, -0.05) is 0 Å². The van der Waals surface area contributed by atoms with Crippen molar-refractivity contribution in [2.24, 2.45) is 0 Å². The highest BCUT2D eigenvalue weighted by Crippen LogP contribution is 2.32. The number of ether oxygens (including phenoxy) is 1. The zero-order valence-corrected chi connectivity index (χ0v) is 12.9. The van der Waals surface area contributed by atoms with Gasteiger partial charge in [0.2, 0.25) is 0 Å². The summed E-state index contributed by atoms with van der Waals surface area (Å²) in [5, 5.41) is 17.2. The molecule has 2 rings (SSSR count). The lowest BCUT2D eigenvalue weighted by Gasteiger charge is -2.15. The van der Waals surface area contributed by atoms with Crippen molar-refractivity contribution in [3.8, 4) is 5.75 Å². The summed E-state index contributed by atoms with van der Waals surface area (Å²) in [6.07, 6.45) is 1.62. The van der Waals surface area contributed by atoms with Gasteiger partial charge < -0.3 is 10.1 Å². The van der Waals surface area contributed by atoms with E-state index < -0.39 is 4.92 Å². The maximum absolute atomic E-state index is 11.0. The first-order chi connectivity index (χ1) is 9.97. The number of nitrogens with zero attached hydrogens (tertiary/aromatic N) is 2. The normalized spacial score (nSPS) is 12.2. The number of anilines is 1. The van der Waals surface area contributed by atoms with E-state index in [1.54, 1.807) is 29.7 Å². The van der Waals surface area contributed by atoms with Gasteiger partial charge in [-0.05, 0) is 26.8 Å². The number of hydrogen-bond donors (Lipinski definition) is 1. The first kappa shape index (κ1) is 15.2. The van der Waals surface area contributed by atoms with Gasteiger partial charge in [0.05, 0.1) is 17.1 Å². The van der Waals surface area contributed by atoms with Crippen LogP contribution in [0.3, 0.4) is 0 Å². The minimum atomic E-state index is -0.439. The summed E-state index contributed by atoms with van der Waals surface area (Å²) < 4.78 is 5.52. The van der Waals surface area contributed by atoms with E-state index in [0.717, 1.165) is 10.7 Å². The van der Waals surface area contributed by atoms with Gasteiger partial charge in [-0.3, -0.25) is 10.1 Å². The molecule has 0 aliphatic rings. The number of nitrogens with one attached hydrogen (secondary N) is 1. The highest BCUT2D eigenvalue weighted by Gasteiger charge is 2.18. The predicted octanol–water partition coefficient (Wildman–Crippen LogP) is 4.01. The summed E-state index contributed by atoms with van der Waals surface area (Å²) in [6, 6.07) is 4.81. The molecule has 1 atom stereocenters. The largest absolute Gasteiger partial charge is 0.484 e. The van der Waals surface area contributed by atoms with Gasteiger partial charge in [-0.25, -0.2) is 4.98 Å². The molecule has 0 saturated carbocycles. The number of benzene rings is 1. The molecule has 0 fully saturated rings. The lowest BCUT2D eigenvalue weighted by atomic mass is 10.2. The number of nitro benzene ring substituents is 1. The molecule has 0 saturated heterocycles. The summed E-state index contributed by atoms with van der Waals surface area (Å²) in [6.45, 7) is 5.66. The van der Waals surface area contributed by atoms with E-state index in [1.807, 2.05) is 26.2 Å². The quantitative estimate of drug-likeness (QED) is 0.644. The molecule has 0 radical (unpaired) electrons. The summed E-state index contributed by atoms with van der Waals surface area (Å²) in [7, 11) is 0.